The van der Waals surface area contributed by atoms with Gasteiger partial charge >= 0.3 is 0 Å². The first-order valence-electron chi connectivity index (χ1n) is 12.5. The molecule has 12 heteroatoms. The van der Waals surface area contributed by atoms with Gasteiger partial charge in [0, 0.05) is 43.9 Å². The third-order valence-electron chi connectivity index (χ3n) is 6.61. The average Bonchev–Trinajstić information content (AvgIpc) is 3.48. The van der Waals surface area contributed by atoms with Crippen LogP contribution in [0.3, 0.4) is 0 Å². The number of anilines is 1. The van der Waals surface area contributed by atoms with Crippen LogP contribution in [0.1, 0.15) is 23.6 Å². The van der Waals surface area contributed by atoms with Gasteiger partial charge in [-0.1, -0.05) is 6.07 Å². The van der Waals surface area contributed by atoms with Crippen LogP contribution in [0.5, 0.6) is 5.75 Å². The number of rotatable bonds is 11. The summed E-state index contributed by atoms with van der Waals surface area (Å²) in [5, 5.41) is 11.8. The number of nitrogens with one attached hydrogen (secondary N) is 1. The Morgan fingerprint density at radius 2 is 2.11 bits per heavy atom. The summed E-state index contributed by atoms with van der Waals surface area (Å²) in [5.41, 5.74) is 3.65. The molecule has 0 unspecified atom stereocenters. The minimum atomic E-state index is -0.783. The lowest BCUT2D eigenvalue weighted by molar-refractivity contribution is -0.117. The lowest BCUT2D eigenvalue weighted by Crippen LogP contribution is -2.35. The van der Waals surface area contributed by atoms with Gasteiger partial charge < -0.3 is 10.1 Å². The number of alkyl halides is 2. The molecule has 4 aromatic rings. The van der Waals surface area contributed by atoms with E-state index in [1.54, 1.807) is 46.5 Å². The molecular weight excluding hydrogens is 494 g/mol. The molecule has 1 aliphatic rings. The molecule has 1 amide bonds. The number of halogens is 2. The molecule has 1 fully saturated rings. The molecule has 0 aliphatic heterocycles. The van der Waals surface area contributed by atoms with Crippen molar-refractivity contribution in [1.29, 1.82) is 0 Å². The molecule has 1 aliphatic carbocycles. The van der Waals surface area contributed by atoms with E-state index < -0.39 is 19.5 Å². The van der Waals surface area contributed by atoms with Crippen molar-refractivity contribution in [3.8, 4) is 17.1 Å². The minimum Gasteiger partial charge on any atom is -0.482 e. The highest BCUT2D eigenvalue weighted by Gasteiger charge is 2.45. The van der Waals surface area contributed by atoms with Crippen LogP contribution in [-0.4, -0.2) is 79.8 Å². The number of imidazole rings is 1. The molecule has 0 aromatic carbocycles. The Balaban J connectivity index is 1.29. The van der Waals surface area contributed by atoms with E-state index in [0.29, 0.717) is 28.6 Å². The van der Waals surface area contributed by atoms with Crippen LogP contribution in [0, 0.1) is 12.8 Å². The molecule has 1 saturated carbocycles. The van der Waals surface area contributed by atoms with Crippen molar-refractivity contribution in [2.75, 3.05) is 38.8 Å². The second-order valence-electron chi connectivity index (χ2n) is 9.67. The van der Waals surface area contributed by atoms with Crippen molar-refractivity contribution in [2.45, 2.75) is 25.4 Å². The van der Waals surface area contributed by atoms with Crippen molar-refractivity contribution in [2.24, 2.45) is 13.0 Å². The number of amides is 1. The van der Waals surface area contributed by atoms with Crippen LogP contribution < -0.4 is 10.1 Å². The first-order valence-corrected chi connectivity index (χ1v) is 12.5. The van der Waals surface area contributed by atoms with E-state index in [1.807, 2.05) is 25.3 Å². The third kappa shape index (κ3) is 5.49. The number of aryl methyl sites for hydroxylation is 2. The quantitative estimate of drug-likeness (QED) is 0.322. The van der Waals surface area contributed by atoms with Crippen molar-refractivity contribution in [3.05, 3.63) is 54.1 Å². The Kier molecular flexibility index (Phi) is 7.32. The highest BCUT2D eigenvalue weighted by Crippen LogP contribution is 2.47. The lowest BCUT2D eigenvalue weighted by Gasteiger charge is -2.22. The summed E-state index contributed by atoms with van der Waals surface area (Å²) in [7, 11) is 3.45. The molecule has 1 N–H and O–H groups in total. The fourth-order valence-electron chi connectivity index (χ4n) is 4.47. The summed E-state index contributed by atoms with van der Waals surface area (Å²) < 4.78 is 35.3. The molecule has 4 heterocycles. The highest BCUT2D eigenvalue weighted by molar-refractivity contribution is 5.94. The van der Waals surface area contributed by atoms with Crippen LogP contribution in [-0.2, 0) is 11.8 Å². The monoisotopic (exact) mass is 524 g/mol. The smallest absolute Gasteiger partial charge is 0.229 e. The first kappa shape index (κ1) is 25.7. The first-order chi connectivity index (χ1) is 18.4. The molecule has 38 heavy (non-hydrogen) atoms. The maximum absolute atomic E-state index is 13.7. The molecule has 0 radical (unpaired) electrons. The summed E-state index contributed by atoms with van der Waals surface area (Å²) >= 11 is 0. The van der Waals surface area contributed by atoms with E-state index in [1.165, 1.54) is 6.20 Å². The topological polar surface area (TPSA) is 102 Å². The molecule has 4 aromatic heterocycles. The molecular formula is C26H30F2N8O2. The van der Waals surface area contributed by atoms with Crippen LogP contribution >= 0.6 is 0 Å². The molecule has 200 valence electrons. The molecule has 10 nitrogen and oxygen atoms in total. The number of hydrogen-bond acceptors (Lipinski definition) is 7. The Morgan fingerprint density at radius 3 is 2.84 bits per heavy atom. The second kappa shape index (κ2) is 10.8. The van der Waals surface area contributed by atoms with Gasteiger partial charge in [0.2, 0.25) is 5.91 Å². The Morgan fingerprint density at radius 1 is 1.26 bits per heavy atom. The second-order valence-corrected chi connectivity index (χ2v) is 9.67. The van der Waals surface area contributed by atoms with Gasteiger partial charge in [0.25, 0.3) is 0 Å². The summed E-state index contributed by atoms with van der Waals surface area (Å²) in [5.74, 6) is 0.648. The minimum absolute atomic E-state index is 0.0988. The maximum atomic E-state index is 13.7. The molecule has 0 spiro atoms. The van der Waals surface area contributed by atoms with Crippen LogP contribution in [0.15, 0.2) is 42.9 Å². The van der Waals surface area contributed by atoms with Gasteiger partial charge in [-0.2, -0.15) is 10.2 Å². The van der Waals surface area contributed by atoms with Crippen molar-refractivity contribution in [1.82, 2.24) is 34.3 Å². The van der Waals surface area contributed by atoms with E-state index in [9.17, 15) is 13.6 Å². The zero-order valence-corrected chi connectivity index (χ0v) is 21.5. The zero-order chi connectivity index (χ0) is 26.8. The number of aromatic nitrogens is 6. The third-order valence-corrected chi connectivity index (χ3v) is 6.61. The number of fused-ring (bicyclic) bond motifs is 1. The summed E-state index contributed by atoms with van der Waals surface area (Å²) in [6, 6.07) is 7.50. The van der Waals surface area contributed by atoms with Gasteiger partial charge in [0.05, 0.1) is 12.4 Å². The van der Waals surface area contributed by atoms with Gasteiger partial charge in [-0.25, -0.2) is 18.3 Å². The number of pyridine rings is 1. The summed E-state index contributed by atoms with van der Waals surface area (Å²) in [4.78, 5) is 23.4. The SMILES string of the molecule is Cc1ccc([C@@H]2C[C@@H]2C(=O)Nc2cn3nc(-c4c(O[C@@H](CF)CN(C)CCF)cnn4C)ccc3n2)nc1. The van der Waals surface area contributed by atoms with Gasteiger partial charge in [-0.3, -0.25) is 19.4 Å². The lowest BCUT2D eigenvalue weighted by atomic mass is 10.2. The normalized spacial score (nSPS) is 17.6. The number of carbonyl (C=O) groups is 1. The highest BCUT2D eigenvalue weighted by atomic mass is 19.1. The number of likely N-dealkylation sites (N-methyl/N-ethyl adjacent to an activating group) is 1. The van der Waals surface area contributed by atoms with Crippen LogP contribution in [0.2, 0.25) is 0 Å². The van der Waals surface area contributed by atoms with Crippen molar-refractivity contribution >= 4 is 17.4 Å². The maximum Gasteiger partial charge on any atom is 0.229 e. The van der Waals surface area contributed by atoms with Gasteiger partial charge in [-0.15, -0.1) is 0 Å². The van der Waals surface area contributed by atoms with Crippen molar-refractivity contribution in [3.63, 3.8) is 0 Å². The number of hydrogen-bond donors (Lipinski definition) is 1. The van der Waals surface area contributed by atoms with Gasteiger partial charge in [0.15, 0.2) is 17.2 Å². The Hall–Kier alpha value is -3.93. The van der Waals surface area contributed by atoms with Gasteiger partial charge in [0.1, 0.15) is 30.8 Å². The number of ether oxygens (including phenoxy) is 1. The summed E-state index contributed by atoms with van der Waals surface area (Å²) in [6.07, 6.45) is 4.94. The molecule has 5 rings (SSSR count). The largest absolute Gasteiger partial charge is 0.482 e. The standard InChI is InChI=1S/C26H30F2N8O2/c1-16-4-5-20(29-12-16)18-10-19(18)26(37)32-23-15-36-24(31-23)7-6-21(33-36)25-22(13-30-35(25)3)38-17(11-28)14-34(2)9-8-27/h4-7,12-13,15,17-19H,8-11,14H2,1-3H3,(H,32,37)/t17-,18+,19-/m0/s1. The fourth-order valence-corrected chi connectivity index (χ4v) is 4.47. The summed E-state index contributed by atoms with van der Waals surface area (Å²) in [6.45, 7) is 1.16. The van der Waals surface area contributed by atoms with Crippen molar-refractivity contribution < 1.29 is 18.3 Å². The van der Waals surface area contributed by atoms with E-state index in [-0.39, 0.29) is 30.8 Å². The predicted molar refractivity (Wildman–Crippen MR) is 138 cm³/mol. The number of nitrogens with zero attached hydrogens (tertiary/aromatic N) is 7. The molecule has 0 saturated heterocycles. The average molecular weight is 525 g/mol. The number of carbonyl (C=O) groups excluding carboxylic acids is 1. The van der Waals surface area contributed by atoms with E-state index in [2.05, 4.69) is 25.5 Å². The molecule has 3 atom stereocenters. The fraction of sp³-hybridized carbons (Fsp3) is 0.423. The van der Waals surface area contributed by atoms with Crippen LogP contribution in [0.25, 0.3) is 17.0 Å². The van der Waals surface area contributed by atoms with E-state index >= 15 is 0 Å². The zero-order valence-electron chi connectivity index (χ0n) is 21.5. The predicted octanol–water partition coefficient (Wildman–Crippen LogP) is 3.19. The van der Waals surface area contributed by atoms with E-state index in [4.69, 9.17) is 4.74 Å². The molecule has 0 bridgehead atoms. The van der Waals surface area contributed by atoms with E-state index in [0.717, 1.165) is 17.7 Å². The van der Waals surface area contributed by atoms with Crippen LogP contribution in [0.4, 0.5) is 14.6 Å². The Labute approximate surface area is 218 Å². The van der Waals surface area contributed by atoms with Gasteiger partial charge in [-0.05, 0) is 44.2 Å². The Bertz CT molecular complexity index is 1420.